The Hall–Kier alpha value is -1.03. The molecule has 1 rings (SSSR count). The third kappa shape index (κ3) is 1.27. The van der Waals surface area contributed by atoms with Gasteiger partial charge in [0.15, 0.2) is 0 Å². The fourth-order valence-electron chi connectivity index (χ4n) is 0.767. The molecule has 1 heterocycles. The molecule has 0 spiro atoms. The van der Waals surface area contributed by atoms with Crippen LogP contribution in [-0.2, 0) is 0 Å². The van der Waals surface area contributed by atoms with Gasteiger partial charge >= 0.3 is 0 Å². The van der Waals surface area contributed by atoms with Crippen LogP contribution in [0.3, 0.4) is 0 Å². The first kappa shape index (κ1) is 7.08. The molecule has 0 aliphatic heterocycles. The van der Waals surface area contributed by atoms with Gasteiger partial charge in [0.05, 0.1) is 5.69 Å². The SMILES string of the molecule is CCC(N)c1cc(=O)[nH][nH]1. The Morgan fingerprint density at radius 2 is 2.40 bits per heavy atom. The molecular formula is C6H11N3O. The van der Waals surface area contributed by atoms with E-state index >= 15 is 0 Å². The van der Waals surface area contributed by atoms with Crippen molar-refractivity contribution in [3.8, 4) is 0 Å². The summed E-state index contributed by atoms with van der Waals surface area (Å²) in [5.41, 5.74) is 6.26. The van der Waals surface area contributed by atoms with Gasteiger partial charge in [0.2, 0.25) is 0 Å². The van der Waals surface area contributed by atoms with Crippen molar-refractivity contribution in [2.75, 3.05) is 0 Å². The Bertz CT molecular complexity index is 249. The molecule has 0 bridgehead atoms. The number of hydrogen-bond donors (Lipinski definition) is 3. The number of nitrogens with two attached hydrogens (primary N) is 1. The van der Waals surface area contributed by atoms with E-state index in [2.05, 4.69) is 10.2 Å². The van der Waals surface area contributed by atoms with E-state index in [-0.39, 0.29) is 11.6 Å². The van der Waals surface area contributed by atoms with Crippen LogP contribution in [0.15, 0.2) is 10.9 Å². The van der Waals surface area contributed by atoms with E-state index in [0.29, 0.717) is 0 Å². The zero-order chi connectivity index (χ0) is 7.56. The molecule has 0 saturated heterocycles. The Morgan fingerprint density at radius 1 is 1.70 bits per heavy atom. The Morgan fingerprint density at radius 3 is 2.80 bits per heavy atom. The highest BCUT2D eigenvalue weighted by Crippen LogP contribution is 2.05. The third-order valence-electron chi connectivity index (χ3n) is 1.46. The number of aromatic nitrogens is 2. The topological polar surface area (TPSA) is 74.7 Å². The normalized spacial score (nSPS) is 13.4. The molecule has 0 amide bonds. The number of aromatic amines is 2. The monoisotopic (exact) mass is 141 g/mol. The second-order valence-electron chi connectivity index (χ2n) is 2.23. The summed E-state index contributed by atoms with van der Waals surface area (Å²) in [5.74, 6) is 0. The lowest BCUT2D eigenvalue weighted by atomic mass is 10.2. The third-order valence-corrected chi connectivity index (χ3v) is 1.46. The molecule has 10 heavy (non-hydrogen) atoms. The van der Waals surface area contributed by atoms with E-state index in [1.54, 1.807) is 0 Å². The largest absolute Gasteiger partial charge is 0.323 e. The zero-order valence-electron chi connectivity index (χ0n) is 5.85. The second-order valence-corrected chi connectivity index (χ2v) is 2.23. The summed E-state index contributed by atoms with van der Waals surface area (Å²) in [4.78, 5) is 10.6. The van der Waals surface area contributed by atoms with Gasteiger partial charge in [-0.15, -0.1) is 0 Å². The first-order valence-electron chi connectivity index (χ1n) is 3.27. The van der Waals surface area contributed by atoms with Gasteiger partial charge < -0.3 is 10.8 Å². The summed E-state index contributed by atoms with van der Waals surface area (Å²) >= 11 is 0. The van der Waals surface area contributed by atoms with Crippen LogP contribution in [-0.4, -0.2) is 10.2 Å². The zero-order valence-corrected chi connectivity index (χ0v) is 5.85. The molecule has 0 aromatic carbocycles. The lowest BCUT2D eigenvalue weighted by molar-refractivity contribution is 0.672. The first-order chi connectivity index (χ1) is 4.74. The van der Waals surface area contributed by atoms with Gasteiger partial charge in [-0.2, -0.15) is 0 Å². The standard InChI is InChI=1S/C6H11N3O/c1-2-4(7)5-3-6(10)9-8-5/h3-4H,2,7H2,1H3,(H2,8,9,10). The summed E-state index contributed by atoms with van der Waals surface area (Å²) in [6, 6.07) is 1.42. The minimum Gasteiger partial charge on any atom is -0.323 e. The molecule has 0 fully saturated rings. The molecule has 4 heteroatoms. The minimum absolute atomic E-state index is 0.0565. The summed E-state index contributed by atoms with van der Waals surface area (Å²) in [6.45, 7) is 1.97. The number of hydrogen-bond acceptors (Lipinski definition) is 2. The van der Waals surface area contributed by atoms with Crippen LogP contribution in [0, 0.1) is 0 Å². The van der Waals surface area contributed by atoms with Crippen molar-refractivity contribution in [3.05, 3.63) is 22.1 Å². The predicted molar refractivity (Wildman–Crippen MR) is 38.6 cm³/mol. The first-order valence-corrected chi connectivity index (χ1v) is 3.27. The van der Waals surface area contributed by atoms with Crippen LogP contribution in [0.2, 0.25) is 0 Å². The number of nitrogens with one attached hydrogen (secondary N) is 2. The lowest BCUT2D eigenvalue weighted by Crippen LogP contribution is -2.08. The van der Waals surface area contributed by atoms with Crippen LogP contribution in [0.4, 0.5) is 0 Å². The van der Waals surface area contributed by atoms with Crippen molar-refractivity contribution >= 4 is 0 Å². The van der Waals surface area contributed by atoms with E-state index in [4.69, 9.17) is 5.73 Å². The molecule has 1 aromatic heterocycles. The fraction of sp³-hybridized carbons (Fsp3) is 0.500. The lowest BCUT2D eigenvalue weighted by Gasteiger charge is -2.02. The molecule has 4 nitrogen and oxygen atoms in total. The maximum Gasteiger partial charge on any atom is 0.264 e. The molecule has 0 saturated carbocycles. The van der Waals surface area contributed by atoms with Gasteiger partial charge in [-0.1, -0.05) is 6.92 Å². The van der Waals surface area contributed by atoms with Crippen molar-refractivity contribution in [1.82, 2.24) is 10.2 Å². The predicted octanol–water partition coefficient (Wildman–Crippen LogP) is 0.113. The molecule has 1 atom stereocenters. The summed E-state index contributed by atoms with van der Waals surface area (Å²) < 4.78 is 0. The minimum atomic E-state index is -0.126. The van der Waals surface area contributed by atoms with E-state index in [0.717, 1.165) is 12.1 Å². The average molecular weight is 141 g/mol. The Labute approximate surface area is 58.4 Å². The molecule has 4 N–H and O–H groups in total. The van der Waals surface area contributed by atoms with Crippen LogP contribution >= 0.6 is 0 Å². The van der Waals surface area contributed by atoms with E-state index in [9.17, 15) is 4.79 Å². The van der Waals surface area contributed by atoms with Gasteiger partial charge in [-0.3, -0.25) is 9.89 Å². The van der Waals surface area contributed by atoms with Crippen molar-refractivity contribution < 1.29 is 0 Å². The van der Waals surface area contributed by atoms with E-state index in [1.807, 2.05) is 6.92 Å². The van der Waals surface area contributed by atoms with Gasteiger partial charge in [0.1, 0.15) is 0 Å². The Balaban J connectivity index is 2.84. The van der Waals surface area contributed by atoms with Gasteiger partial charge in [0.25, 0.3) is 5.56 Å². The molecule has 0 aliphatic carbocycles. The number of H-pyrrole nitrogens is 2. The van der Waals surface area contributed by atoms with E-state index < -0.39 is 0 Å². The highest BCUT2D eigenvalue weighted by atomic mass is 16.1. The van der Waals surface area contributed by atoms with E-state index in [1.165, 1.54) is 6.07 Å². The number of rotatable bonds is 2. The van der Waals surface area contributed by atoms with Crippen LogP contribution in [0.25, 0.3) is 0 Å². The fourth-order valence-corrected chi connectivity index (χ4v) is 0.767. The van der Waals surface area contributed by atoms with Crippen LogP contribution in [0.5, 0.6) is 0 Å². The second kappa shape index (κ2) is 2.70. The van der Waals surface area contributed by atoms with Crippen LogP contribution in [0.1, 0.15) is 25.1 Å². The molecule has 1 unspecified atom stereocenters. The maximum atomic E-state index is 10.6. The van der Waals surface area contributed by atoms with Gasteiger partial charge in [0, 0.05) is 12.1 Å². The summed E-state index contributed by atoms with van der Waals surface area (Å²) in [7, 11) is 0. The molecule has 0 aliphatic rings. The maximum absolute atomic E-state index is 10.6. The van der Waals surface area contributed by atoms with Crippen molar-refractivity contribution in [1.29, 1.82) is 0 Å². The van der Waals surface area contributed by atoms with Crippen LogP contribution < -0.4 is 11.3 Å². The highest BCUT2D eigenvalue weighted by molar-refractivity contribution is 5.03. The van der Waals surface area contributed by atoms with Crippen molar-refractivity contribution in [3.63, 3.8) is 0 Å². The highest BCUT2D eigenvalue weighted by Gasteiger charge is 2.03. The van der Waals surface area contributed by atoms with Gasteiger partial charge in [-0.05, 0) is 6.42 Å². The molecule has 0 radical (unpaired) electrons. The van der Waals surface area contributed by atoms with Crippen molar-refractivity contribution in [2.24, 2.45) is 5.73 Å². The van der Waals surface area contributed by atoms with Gasteiger partial charge in [-0.25, -0.2) is 0 Å². The smallest absolute Gasteiger partial charge is 0.264 e. The Kier molecular flexibility index (Phi) is 1.91. The average Bonchev–Trinajstić information content (AvgIpc) is 2.34. The van der Waals surface area contributed by atoms with Crippen molar-refractivity contribution in [2.45, 2.75) is 19.4 Å². The molecular weight excluding hydrogens is 130 g/mol. The summed E-state index contributed by atoms with van der Waals surface area (Å²) in [6.07, 6.45) is 0.827. The molecule has 1 aromatic rings. The summed E-state index contributed by atoms with van der Waals surface area (Å²) in [5, 5.41) is 5.12. The quantitative estimate of drug-likeness (QED) is 0.547. The molecule has 56 valence electrons.